The number of allylic oxidation sites excluding steroid dienone is 4. The molecular weight excluding hydrogens is 452 g/mol. The van der Waals surface area contributed by atoms with Gasteiger partial charge in [-0.15, -0.1) is 0 Å². The lowest BCUT2D eigenvalue weighted by molar-refractivity contribution is 0.793. The second kappa shape index (κ2) is 6.67. The molecule has 0 nitrogen and oxygen atoms in total. The van der Waals surface area contributed by atoms with Crippen molar-refractivity contribution in [1.29, 1.82) is 0 Å². The third-order valence-electron chi connectivity index (χ3n) is 7.45. The van der Waals surface area contributed by atoms with Crippen LogP contribution < -0.4 is 0 Å². The lowest BCUT2D eigenvalue weighted by atomic mass is 9.70. The largest absolute Gasteiger partial charge is 0.0842 e. The molecule has 1 heteroatoms. The molecule has 4 aromatic rings. The zero-order valence-corrected chi connectivity index (χ0v) is 19.2. The average Bonchev–Trinajstić information content (AvgIpc) is 3.32. The summed E-state index contributed by atoms with van der Waals surface area (Å²) < 4.78 is 1.17. The van der Waals surface area contributed by atoms with E-state index in [1.165, 1.54) is 60.1 Å². The van der Waals surface area contributed by atoms with E-state index in [1.54, 1.807) is 0 Å². The fourth-order valence-electron chi connectivity index (χ4n) is 6.19. The predicted molar refractivity (Wildman–Crippen MR) is 137 cm³/mol. The Balaban J connectivity index is 1.63. The molecule has 0 heterocycles. The van der Waals surface area contributed by atoms with E-state index in [2.05, 4.69) is 119 Å². The predicted octanol–water partition coefficient (Wildman–Crippen LogP) is 8.53. The summed E-state index contributed by atoms with van der Waals surface area (Å²) in [6.45, 7) is 0. The summed E-state index contributed by atoms with van der Waals surface area (Å²) >= 11 is 3.89. The molecule has 0 aliphatic heterocycles. The van der Waals surface area contributed by atoms with Crippen LogP contribution in [0.25, 0.3) is 27.8 Å². The number of halogens is 1. The Bertz CT molecular complexity index is 1490. The normalized spacial score (nSPS) is 19.3. The fraction of sp³-hybridized carbons (Fsp3) is 0.0968. The molecule has 3 aliphatic carbocycles. The standard InChI is InChI=1S/C31H21Br/c32-29-16-8-15-27-30(29)24-12-5-7-14-26(24)31(27)25-13-6-4-11-22(25)23-18-17-21(19-28(23)31)20-9-2-1-3-10-20/h1-2,4-9,11-19H,3,10H2. The van der Waals surface area contributed by atoms with E-state index in [4.69, 9.17) is 0 Å². The maximum absolute atomic E-state index is 3.89. The molecule has 1 atom stereocenters. The van der Waals surface area contributed by atoms with Crippen molar-refractivity contribution >= 4 is 21.5 Å². The SMILES string of the molecule is Brc1cccc2c1-c1ccccc1C21c2ccccc2-c2ccc(C3=CC=CCC3)cc21. The molecule has 0 saturated heterocycles. The van der Waals surface area contributed by atoms with Crippen LogP contribution in [0, 0.1) is 0 Å². The Morgan fingerprint density at radius 3 is 2.19 bits per heavy atom. The van der Waals surface area contributed by atoms with Crippen molar-refractivity contribution in [2.45, 2.75) is 18.3 Å². The minimum absolute atomic E-state index is 0.275. The number of hydrogen-bond donors (Lipinski definition) is 0. The number of benzene rings is 4. The van der Waals surface area contributed by atoms with Crippen molar-refractivity contribution in [2.75, 3.05) is 0 Å². The van der Waals surface area contributed by atoms with Gasteiger partial charge < -0.3 is 0 Å². The summed E-state index contributed by atoms with van der Waals surface area (Å²) in [4.78, 5) is 0. The highest BCUT2D eigenvalue weighted by molar-refractivity contribution is 9.10. The second-order valence-corrected chi connectivity index (χ2v) is 9.78. The van der Waals surface area contributed by atoms with E-state index < -0.39 is 0 Å². The van der Waals surface area contributed by atoms with Gasteiger partial charge in [-0.1, -0.05) is 107 Å². The van der Waals surface area contributed by atoms with Gasteiger partial charge in [0.05, 0.1) is 5.41 Å². The van der Waals surface area contributed by atoms with Crippen LogP contribution in [0.3, 0.4) is 0 Å². The molecule has 3 aliphatic rings. The first-order valence-electron chi connectivity index (χ1n) is 11.3. The molecule has 32 heavy (non-hydrogen) atoms. The Hall–Kier alpha value is -3.16. The lowest BCUT2D eigenvalue weighted by Crippen LogP contribution is -2.26. The van der Waals surface area contributed by atoms with Crippen LogP contribution in [0.15, 0.2) is 108 Å². The highest BCUT2D eigenvalue weighted by Crippen LogP contribution is 2.63. The average molecular weight is 473 g/mol. The summed E-state index contributed by atoms with van der Waals surface area (Å²) in [5.41, 5.74) is 13.5. The van der Waals surface area contributed by atoms with Crippen molar-refractivity contribution < 1.29 is 0 Å². The molecule has 0 fully saturated rings. The van der Waals surface area contributed by atoms with Gasteiger partial charge in [0.25, 0.3) is 0 Å². The van der Waals surface area contributed by atoms with Gasteiger partial charge in [0.15, 0.2) is 0 Å². The van der Waals surface area contributed by atoms with Gasteiger partial charge in [0.1, 0.15) is 0 Å². The minimum atomic E-state index is -0.275. The summed E-state index contributed by atoms with van der Waals surface area (Å²) in [6, 6.07) is 31.8. The topological polar surface area (TPSA) is 0 Å². The summed E-state index contributed by atoms with van der Waals surface area (Å²) in [5.74, 6) is 0. The molecule has 152 valence electrons. The lowest BCUT2D eigenvalue weighted by Gasteiger charge is -2.31. The number of hydrogen-bond acceptors (Lipinski definition) is 0. The Morgan fingerprint density at radius 1 is 0.656 bits per heavy atom. The first kappa shape index (κ1) is 18.4. The van der Waals surface area contributed by atoms with E-state index in [-0.39, 0.29) is 5.41 Å². The molecular formula is C31H21Br. The van der Waals surface area contributed by atoms with Crippen molar-refractivity contribution in [3.05, 3.63) is 135 Å². The fourth-order valence-corrected chi connectivity index (χ4v) is 6.77. The van der Waals surface area contributed by atoms with Crippen molar-refractivity contribution in [3.63, 3.8) is 0 Å². The van der Waals surface area contributed by atoms with E-state index in [0.717, 1.165) is 12.8 Å². The Kier molecular flexibility index (Phi) is 3.84. The van der Waals surface area contributed by atoms with Crippen LogP contribution in [-0.4, -0.2) is 0 Å². The molecule has 0 amide bonds. The molecule has 0 N–H and O–H groups in total. The highest BCUT2D eigenvalue weighted by atomic mass is 79.9. The molecule has 0 radical (unpaired) electrons. The molecule has 1 unspecified atom stereocenters. The van der Waals surface area contributed by atoms with Gasteiger partial charge in [-0.25, -0.2) is 0 Å². The van der Waals surface area contributed by atoms with Gasteiger partial charge in [-0.2, -0.15) is 0 Å². The molecule has 4 aromatic carbocycles. The van der Waals surface area contributed by atoms with E-state index >= 15 is 0 Å². The van der Waals surface area contributed by atoms with Crippen LogP contribution in [0.4, 0.5) is 0 Å². The van der Waals surface area contributed by atoms with Crippen LogP contribution in [0.2, 0.25) is 0 Å². The third kappa shape index (κ3) is 2.22. The number of rotatable bonds is 1. The summed E-state index contributed by atoms with van der Waals surface area (Å²) in [6.07, 6.45) is 8.97. The Morgan fingerprint density at radius 2 is 1.38 bits per heavy atom. The summed E-state index contributed by atoms with van der Waals surface area (Å²) in [7, 11) is 0. The van der Waals surface area contributed by atoms with E-state index in [1.807, 2.05) is 0 Å². The van der Waals surface area contributed by atoms with Crippen LogP contribution in [0.5, 0.6) is 0 Å². The van der Waals surface area contributed by atoms with Crippen LogP contribution >= 0.6 is 15.9 Å². The monoisotopic (exact) mass is 472 g/mol. The third-order valence-corrected chi connectivity index (χ3v) is 8.11. The van der Waals surface area contributed by atoms with Crippen LogP contribution in [0.1, 0.15) is 40.7 Å². The molecule has 0 bridgehead atoms. The van der Waals surface area contributed by atoms with Crippen molar-refractivity contribution in [2.24, 2.45) is 0 Å². The van der Waals surface area contributed by atoms with Crippen molar-refractivity contribution in [1.82, 2.24) is 0 Å². The number of fused-ring (bicyclic) bond motifs is 10. The highest BCUT2D eigenvalue weighted by Gasteiger charge is 2.52. The van der Waals surface area contributed by atoms with E-state index in [9.17, 15) is 0 Å². The van der Waals surface area contributed by atoms with Gasteiger partial charge in [-0.05, 0) is 75.1 Å². The minimum Gasteiger partial charge on any atom is -0.0842 e. The zero-order chi connectivity index (χ0) is 21.3. The van der Waals surface area contributed by atoms with E-state index in [0.29, 0.717) is 0 Å². The van der Waals surface area contributed by atoms with Gasteiger partial charge >= 0.3 is 0 Å². The van der Waals surface area contributed by atoms with Gasteiger partial charge in [-0.3, -0.25) is 0 Å². The van der Waals surface area contributed by atoms with Crippen molar-refractivity contribution in [3.8, 4) is 22.3 Å². The zero-order valence-electron chi connectivity index (χ0n) is 17.6. The molecule has 0 saturated carbocycles. The van der Waals surface area contributed by atoms with Gasteiger partial charge in [0, 0.05) is 10.0 Å². The van der Waals surface area contributed by atoms with Gasteiger partial charge in [0.2, 0.25) is 0 Å². The maximum atomic E-state index is 3.89. The first-order valence-corrected chi connectivity index (χ1v) is 12.1. The first-order chi connectivity index (χ1) is 15.8. The quantitative estimate of drug-likeness (QED) is 0.225. The smallest absolute Gasteiger partial charge is 0.0726 e. The Labute approximate surface area is 197 Å². The molecule has 0 aromatic heterocycles. The molecule has 1 spiro atoms. The van der Waals surface area contributed by atoms with Crippen LogP contribution in [-0.2, 0) is 5.41 Å². The molecule has 7 rings (SSSR count). The summed E-state index contributed by atoms with van der Waals surface area (Å²) in [5, 5.41) is 0. The maximum Gasteiger partial charge on any atom is 0.0726 e. The second-order valence-electron chi connectivity index (χ2n) is 8.92.